The number of ether oxygens (including phenoxy) is 2. The number of fused-ring (bicyclic) bond motifs is 1. The number of imidazole rings is 1. The van der Waals surface area contributed by atoms with Crippen LogP contribution >= 0.6 is 11.6 Å². The minimum absolute atomic E-state index is 0.270. The topological polar surface area (TPSA) is 94.5 Å². The zero-order valence-electron chi connectivity index (χ0n) is 19.4. The number of benzene rings is 3. The smallest absolute Gasteiger partial charge is 0.262 e. The molecule has 9 heteroatoms. The third kappa shape index (κ3) is 5.73. The molecule has 3 aromatic carbocycles. The molecule has 8 nitrogen and oxygen atoms in total. The number of halogens is 1. The summed E-state index contributed by atoms with van der Waals surface area (Å²) in [6, 6.07) is 19.6. The normalized spacial score (nSPS) is 10.7. The van der Waals surface area contributed by atoms with Crippen LogP contribution in [0, 0.1) is 6.92 Å². The first-order valence-electron chi connectivity index (χ1n) is 11.0. The molecule has 0 spiro atoms. The number of nitrogens with one attached hydrogen (secondary N) is 2. The van der Waals surface area contributed by atoms with Gasteiger partial charge in [-0.25, -0.2) is 4.98 Å². The average molecular weight is 493 g/mol. The van der Waals surface area contributed by atoms with Gasteiger partial charge in [-0.05, 0) is 49.4 Å². The maximum atomic E-state index is 12.8. The molecule has 2 N–H and O–H groups in total. The summed E-state index contributed by atoms with van der Waals surface area (Å²) in [5, 5.41) is 6.01. The van der Waals surface area contributed by atoms with Gasteiger partial charge in [0.05, 0.1) is 28.7 Å². The van der Waals surface area contributed by atoms with Gasteiger partial charge in [0.1, 0.15) is 17.3 Å². The molecule has 0 saturated carbocycles. The first-order valence-corrected chi connectivity index (χ1v) is 11.4. The SMILES string of the molecule is COc1ccc(NC(=O)COc2ccccc2C(=O)NCCn2c(C)nc3ccccc32)cc1Cl. The van der Waals surface area contributed by atoms with E-state index in [0.29, 0.717) is 40.9 Å². The van der Waals surface area contributed by atoms with Gasteiger partial charge in [-0.1, -0.05) is 35.9 Å². The molecule has 0 bridgehead atoms. The number of amides is 2. The average Bonchev–Trinajstić information content (AvgIpc) is 3.18. The minimum atomic E-state index is -0.385. The molecule has 0 radical (unpaired) electrons. The minimum Gasteiger partial charge on any atom is -0.495 e. The van der Waals surface area contributed by atoms with E-state index >= 15 is 0 Å². The van der Waals surface area contributed by atoms with Gasteiger partial charge in [0.2, 0.25) is 0 Å². The molecule has 0 atom stereocenters. The van der Waals surface area contributed by atoms with E-state index in [-0.39, 0.29) is 18.4 Å². The number of rotatable bonds is 9. The summed E-state index contributed by atoms with van der Waals surface area (Å²) in [4.78, 5) is 29.7. The Morgan fingerprint density at radius 2 is 1.80 bits per heavy atom. The van der Waals surface area contributed by atoms with Crippen LogP contribution in [0.2, 0.25) is 5.02 Å². The lowest BCUT2D eigenvalue weighted by atomic mass is 10.2. The Labute approximate surface area is 207 Å². The molecule has 0 aliphatic heterocycles. The van der Waals surface area contributed by atoms with Crippen molar-refractivity contribution in [1.82, 2.24) is 14.9 Å². The van der Waals surface area contributed by atoms with Crippen molar-refractivity contribution in [2.75, 3.05) is 25.6 Å². The summed E-state index contributed by atoms with van der Waals surface area (Å²) < 4.78 is 12.8. The lowest BCUT2D eigenvalue weighted by Crippen LogP contribution is -2.28. The number of nitrogens with zero attached hydrogens (tertiary/aromatic N) is 2. The van der Waals surface area contributed by atoms with E-state index in [4.69, 9.17) is 21.1 Å². The number of hydrogen-bond acceptors (Lipinski definition) is 5. The molecule has 35 heavy (non-hydrogen) atoms. The number of anilines is 1. The number of aryl methyl sites for hydroxylation is 1. The third-order valence-corrected chi connectivity index (χ3v) is 5.69. The quantitative estimate of drug-likeness (QED) is 0.360. The maximum Gasteiger partial charge on any atom is 0.262 e. The number of hydrogen-bond donors (Lipinski definition) is 2. The first-order chi connectivity index (χ1) is 17.0. The number of aromatic nitrogens is 2. The second kappa shape index (κ2) is 10.9. The Bertz CT molecular complexity index is 1370. The van der Waals surface area contributed by atoms with Crippen LogP contribution in [0.15, 0.2) is 66.7 Å². The molecule has 0 aliphatic carbocycles. The Balaban J connectivity index is 1.34. The summed E-state index contributed by atoms with van der Waals surface area (Å²) >= 11 is 6.10. The highest BCUT2D eigenvalue weighted by Crippen LogP contribution is 2.27. The Morgan fingerprint density at radius 3 is 2.60 bits per heavy atom. The fraction of sp³-hybridized carbons (Fsp3) is 0.192. The highest BCUT2D eigenvalue weighted by molar-refractivity contribution is 6.32. The molecule has 4 rings (SSSR count). The largest absolute Gasteiger partial charge is 0.495 e. The van der Waals surface area contributed by atoms with E-state index < -0.39 is 0 Å². The predicted octanol–water partition coefficient (Wildman–Crippen LogP) is 4.45. The Hall–Kier alpha value is -4.04. The van der Waals surface area contributed by atoms with Gasteiger partial charge in [-0.2, -0.15) is 0 Å². The van der Waals surface area contributed by atoms with Crippen LogP contribution in [0.4, 0.5) is 5.69 Å². The molecular weight excluding hydrogens is 468 g/mol. The predicted molar refractivity (Wildman–Crippen MR) is 135 cm³/mol. The molecule has 0 aliphatic rings. The Morgan fingerprint density at radius 1 is 1.03 bits per heavy atom. The molecule has 1 aromatic heterocycles. The third-order valence-electron chi connectivity index (χ3n) is 5.39. The van der Waals surface area contributed by atoms with Crippen LogP contribution in [-0.4, -0.2) is 41.6 Å². The molecule has 4 aromatic rings. The van der Waals surface area contributed by atoms with Crippen molar-refractivity contribution in [3.05, 3.63) is 83.1 Å². The first kappa shape index (κ1) is 24.1. The standard InChI is InChI=1S/C26H25ClN4O4/c1-17-29-21-8-4-5-9-22(21)31(17)14-13-28-26(33)19-7-3-6-10-23(19)35-16-25(32)30-18-11-12-24(34-2)20(27)15-18/h3-12,15H,13-14,16H2,1-2H3,(H,28,33)(H,30,32). The van der Waals surface area contributed by atoms with Crippen molar-refractivity contribution in [3.8, 4) is 11.5 Å². The number of methoxy groups -OCH3 is 1. The van der Waals surface area contributed by atoms with Crippen molar-refractivity contribution in [2.24, 2.45) is 0 Å². The molecule has 1 heterocycles. The van der Waals surface area contributed by atoms with Crippen molar-refractivity contribution in [3.63, 3.8) is 0 Å². The van der Waals surface area contributed by atoms with E-state index in [9.17, 15) is 9.59 Å². The van der Waals surface area contributed by atoms with Gasteiger partial charge in [0.15, 0.2) is 6.61 Å². The van der Waals surface area contributed by atoms with Gasteiger partial charge in [-0.3, -0.25) is 9.59 Å². The molecule has 2 amide bonds. The summed E-state index contributed by atoms with van der Waals surface area (Å²) in [6.45, 7) is 2.66. The molecule has 180 valence electrons. The van der Waals surface area contributed by atoms with Gasteiger partial charge in [0.25, 0.3) is 11.8 Å². The monoisotopic (exact) mass is 492 g/mol. The highest BCUT2D eigenvalue weighted by atomic mass is 35.5. The summed E-state index contributed by atoms with van der Waals surface area (Å²) in [5.74, 6) is 1.04. The van der Waals surface area contributed by atoms with Gasteiger partial charge >= 0.3 is 0 Å². The second-order valence-electron chi connectivity index (χ2n) is 7.74. The van der Waals surface area contributed by atoms with Crippen molar-refractivity contribution >= 4 is 40.1 Å². The number of carbonyl (C=O) groups excluding carboxylic acids is 2. The van der Waals surface area contributed by atoms with Crippen molar-refractivity contribution in [2.45, 2.75) is 13.5 Å². The Kier molecular flexibility index (Phi) is 7.52. The second-order valence-corrected chi connectivity index (χ2v) is 8.14. The van der Waals surface area contributed by atoms with Crippen LogP contribution < -0.4 is 20.1 Å². The van der Waals surface area contributed by atoms with Crippen LogP contribution in [0.3, 0.4) is 0 Å². The van der Waals surface area contributed by atoms with E-state index in [1.54, 1.807) is 42.5 Å². The van der Waals surface area contributed by atoms with E-state index in [1.165, 1.54) is 7.11 Å². The van der Waals surface area contributed by atoms with E-state index in [2.05, 4.69) is 20.2 Å². The zero-order valence-corrected chi connectivity index (χ0v) is 20.1. The van der Waals surface area contributed by atoms with Crippen LogP contribution in [0.5, 0.6) is 11.5 Å². The lowest BCUT2D eigenvalue weighted by Gasteiger charge is -2.13. The van der Waals surface area contributed by atoms with Gasteiger partial charge in [-0.15, -0.1) is 0 Å². The van der Waals surface area contributed by atoms with Gasteiger partial charge in [0, 0.05) is 18.8 Å². The lowest BCUT2D eigenvalue weighted by molar-refractivity contribution is -0.118. The van der Waals surface area contributed by atoms with Crippen molar-refractivity contribution in [1.29, 1.82) is 0 Å². The van der Waals surface area contributed by atoms with Crippen LogP contribution in [0.25, 0.3) is 11.0 Å². The number of carbonyl (C=O) groups is 2. The molecular formula is C26H25ClN4O4. The van der Waals surface area contributed by atoms with Crippen molar-refractivity contribution < 1.29 is 19.1 Å². The van der Waals surface area contributed by atoms with Crippen LogP contribution in [-0.2, 0) is 11.3 Å². The summed E-state index contributed by atoms with van der Waals surface area (Å²) in [6.07, 6.45) is 0. The van der Waals surface area contributed by atoms with E-state index in [1.807, 2.05) is 31.2 Å². The molecule has 0 unspecified atom stereocenters. The zero-order chi connectivity index (χ0) is 24.8. The van der Waals surface area contributed by atoms with Crippen LogP contribution in [0.1, 0.15) is 16.2 Å². The van der Waals surface area contributed by atoms with Gasteiger partial charge < -0.3 is 24.7 Å². The molecule has 0 fully saturated rings. The highest BCUT2D eigenvalue weighted by Gasteiger charge is 2.14. The van der Waals surface area contributed by atoms with E-state index in [0.717, 1.165) is 16.9 Å². The summed E-state index contributed by atoms with van der Waals surface area (Å²) in [7, 11) is 1.52. The fourth-order valence-electron chi connectivity index (χ4n) is 3.72. The maximum absolute atomic E-state index is 12.8. The molecule has 0 saturated heterocycles. The fourth-order valence-corrected chi connectivity index (χ4v) is 3.98. The number of para-hydroxylation sites is 3. The summed E-state index contributed by atoms with van der Waals surface area (Å²) in [5.41, 5.74) is 2.80.